The lowest BCUT2D eigenvalue weighted by molar-refractivity contribution is -0.124. The van der Waals surface area contributed by atoms with Crippen LogP contribution in [0, 0.1) is 19.8 Å². The average molecular weight is 454 g/mol. The molecule has 0 aliphatic carbocycles. The molecule has 3 aromatic carbocycles. The molecule has 0 aromatic heterocycles. The number of aryl methyl sites for hydroxylation is 2. The molecule has 3 N–H and O–H groups in total. The predicted molar refractivity (Wildman–Crippen MR) is 124 cm³/mol. The summed E-state index contributed by atoms with van der Waals surface area (Å²) in [6.45, 7) is 7.17. The van der Waals surface area contributed by atoms with Crippen molar-refractivity contribution in [3.05, 3.63) is 77.4 Å². The summed E-state index contributed by atoms with van der Waals surface area (Å²) in [7, 11) is -3.97. The standard InChI is InChI=1S/C24H27N3O4S/c1-15(2)22(24(29)26-25-23(28)21-12-9-16(3)13-17(21)4)27-32(30,31)20-11-10-18-7-5-6-8-19(18)14-20/h5-15,22,27H,1-4H3,(H,25,28)(H,26,29). The van der Waals surface area contributed by atoms with Crippen LogP contribution in [0.25, 0.3) is 10.8 Å². The van der Waals surface area contributed by atoms with Crippen molar-refractivity contribution >= 4 is 32.6 Å². The number of rotatable bonds is 6. The van der Waals surface area contributed by atoms with Gasteiger partial charge in [-0.05, 0) is 54.3 Å². The van der Waals surface area contributed by atoms with Crippen LogP contribution >= 0.6 is 0 Å². The van der Waals surface area contributed by atoms with Gasteiger partial charge in [-0.2, -0.15) is 4.72 Å². The summed E-state index contributed by atoms with van der Waals surface area (Å²) in [5.74, 6) is -1.48. The van der Waals surface area contributed by atoms with Crippen molar-refractivity contribution in [2.75, 3.05) is 0 Å². The minimum atomic E-state index is -3.97. The number of fused-ring (bicyclic) bond motifs is 1. The van der Waals surface area contributed by atoms with Crippen LogP contribution in [-0.4, -0.2) is 26.3 Å². The van der Waals surface area contributed by atoms with Crippen molar-refractivity contribution in [3.63, 3.8) is 0 Å². The maximum atomic E-state index is 13.0. The van der Waals surface area contributed by atoms with E-state index in [0.29, 0.717) is 5.56 Å². The molecule has 0 bridgehead atoms. The van der Waals surface area contributed by atoms with Crippen molar-refractivity contribution in [2.24, 2.45) is 5.92 Å². The number of sulfonamides is 1. The van der Waals surface area contributed by atoms with E-state index in [1.807, 2.05) is 37.3 Å². The highest BCUT2D eigenvalue weighted by atomic mass is 32.2. The molecule has 32 heavy (non-hydrogen) atoms. The highest BCUT2D eigenvalue weighted by molar-refractivity contribution is 7.89. The maximum Gasteiger partial charge on any atom is 0.269 e. The lowest BCUT2D eigenvalue weighted by atomic mass is 10.1. The van der Waals surface area contributed by atoms with Crippen LogP contribution in [0.5, 0.6) is 0 Å². The Hall–Kier alpha value is -3.23. The van der Waals surface area contributed by atoms with Gasteiger partial charge in [-0.25, -0.2) is 8.42 Å². The van der Waals surface area contributed by atoms with Gasteiger partial charge in [0.05, 0.1) is 4.90 Å². The molecule has 0 aliphatic heterocycles. The zero-order valence-electron chi connectivity index (χ0n) is 18.5. The molecule has 0 radical (unpaired) electrons. The third-order valence-electron chi connectivity index (χ3n) is 5.19. The molecule has 8 heteroatoms. The van der Waals surface area contributed by atoms with Gasteiger partial charge in [0.1, 0.15) is 6.04 Å². The molecule has 0 heterocycles. The molecule has 3 aromatic rings. The second-order valence-electron chi connectivity index (χ2n) is 8.11. The smallest absolute Gasteiger partial charge is 0.269 e. The topological polar surface area (TPSA) is 104 Å². The quantitative estimate of drug-likeness (QED) is 0.499. The maximum absolute atomic E-state index is 13.0. The minimum Gasteiger partial charge on any atom is -0.271 e. The van der Waals surface area contributed by atoms with Gasteiger partial charge in [0.25, 0.3) is 11.8 Å². The van der Waals surface area contributed by atoms with Crippen molar-refractivity contribution in [2.45, 2.75) is 38.6 Å². The van der Waals surface area contributed by atoms with E-state index in [-0.39, 0.29) is 10.8 Å². The Morgan fingerprint density at radius 3 is 2.19 bits per heavy atom. The van der Waals surface area contributed by atoms with Crippen molar-refractivity contribution in [1.82, 2.24) is 15.6 Å². The summed E-state index contributed by atoms with van der Waals surface area (Å²) in [4.78, 5) is 25.2. The van der Waals surface area contributed by atoms with Gasteiger partial charge in [-0.3, -0.25) is 20.4 Å². The highest BCUT2D eigenvalue weighted by Crippen LogP contribution is 2.20. The zero-order chi connectivity index (χ0) is 23.5. The van der Waals surface area contributed by atoms with E-state index in [1.165, 1.54) is 6.07 Å². The third kappa shape index (κ3) is 5.33. The van der Waals surface area contributed by atoms with Gasteiger partial charge in [0, 0.05) is 5.56 Å². The van der Waals surface area contributed by atoms with Crippen LogP contribution in [0.1, 0.15) is 35.3 Å². The van der Waals surface area contributed by atoms with E-state index in [9.17, 15) is 18.0 Å². The lowest BCUT2D eigenvalue weighted by Crippen LogP contribution is -2.54. The monoisotopic (exact) mass is 453 g/mol. The molecule has 0 fully saturated rings. The molecule has 0 saturated carbocycles. The number of hydrazine groups is 1. The molecule has 1 unspecified atom stereocenters. The summed E-state index contributed by atoms with van der Waals surface area (Å²) in [5, 5.41) is 1.69. The predicted octanol–water partition coefficient (Wildman–Crippen LogP) is 3.22. The van der Waals surface area contributed by atoms with Crippen LogP contribution in [0.15, 0.2) is 65.6 Å². The highest BCUT2D eigenvalue weighted by Gasteiger charge is 2.29. The number of amides is 2. The fraction of sp³-hybridized carbons (Fsp3) is 0.250. The van der Waals surface area contributed by atoms with E-state index < -0.39 is 27.9 Å². The second kappa shape index (κ2) is 9.50. The van der Waals surface area contributed by atoms with Crippen molar-refractivity contribution < 1.29 is 18.0 Å². The van der Waals surface area contributed by atoms with Gasteiger partial charge in [0.2, 0.25) is 10.0 Å². The molecule has 1 atom stereocenters. The number of hydrogen-bond acceptors (Lipinski definition) is 4. The van der Waals surface area contributed by atoms with Crippen LogP contribution in [0.4, 0.5) is 0 Å². The first-order chi connectivity index (χ1) is 15.1. The molecule has 2 amide bonds. The Kier molecular flexibility index (Phi) is 6.96. The van der Waals surface area contributed by atoms with Crippen molar-refractivity contribution in [1.29, 1.82) is 0 Å². The second-order valence-corrected chi connectivity index (χ2v) is 9.83. The SMILES string of the molecule is Cc1ccc(C(=O)NNC(=O)C(NS(=O)(=O)c2ccc3ccccc3c2)C(C)C)c(C)c1. The van der Waals surface area contributed by atoms with E-state index in [4.69, 9.17) is 0 Å². The summed E-state index contributed by atoms with van der Waals surface area (Å²) in [5.41, 5.74) is 6.93. The van der Waals surface area contributed by atoms with Gasteiger partial charge in [-0.15, -0.1) is 0 Å². The number of nitrogens with one attached hydrogen (secondary N) is 3. The fourth-order valence-electron chi connectivity index (χ4n) is 3.39. The zero-order valence-corrected chi connectivity index (χ0v) is 19.3. The summed E-state index contributed by atoms with van der Waals surface area (Å²) < 4.78 is 28.4. The third-order valence-corrected chi connectivity index (χ3v) is 6.63. The molecule has 0 spiro atoms. The van der Waals surface area contributed by atoms with E-state index >= 15 is 0 Å². The Labute approximate surface area is 188 Å². The average Bonchev–Trinajstić information content (AvgIpc) is 2.75. The first kappa shape index (κ1) is 23.4. The van der Waals surface area contributed by atoms with Gasteiger partial charge >= 0.3 is 0 Å². The van der Waals surface area contributed by atoms with Gasteiger partial charge < -0.3 is 0 Å². The molecular formula is C24H27N3O4S. The molecule has 7 nitrogen and oxygen atoms in total. The number of hydrogen-bond donors (Lipinski definition) is 3. The first-order valence-corrected chi connectivity index (χ1v) is 11.8. The largest absolute Gasteiger partial charge is 0.271 e. The van der Waals surface area contributed by atoms with Crippen LogP contribution in [0.2, 0.25) is 0 Å². The van der Waals surface area contributed by atoms with E-state index in [1.54, 1.807) is 45.0 Å². The molecule has 3 rings (SSSR count). The number of carbonyl (C=O) groups is 2. The van der Waals surface area contributed by atoms with Crippen LogP contribution in [0.3, 0.4) is 0 Å². The number of carbonyl (C=O) groups excluding carboxylic acids is 2. The lowest BCUT2D eigenvalue weighted by Gasteiger charge is -2.22. The normalized spacial score (nSPS) is 12.5. The Balaban J connectivity index is 1.73. The van der Waals surface area contributed by atoms with Gasteiger partial charge in [0.15, 0.2) is 0 Å². The minimum absolute atomic E-state index is 0.0639. The number of benzene rings is 3. The molecule has 168 valence electrons. The van der Waals surface area contributed by atoms with E-state index in [2.05, 4.69) is 15.6 Å². The van der Waals surface area contributed by atoms with Gasteiger partial charge in [-0.1, -0.05) is 61.9 Å². The Morgan fingerprint density at radius 2 is 1.53 bits per heavy atom. The Morgan fingerprint density at radius 1 is 0.844 bits per heavy atom. The molecule has 0 saturated heterocycles. The fourth-order valence-corrected chi connectivity index (χ4v) is 4.77. The molecular weight excluding hydrogens is 426 g/mol. The van der Waals surface area contributed by atoms with Crippen LogP contribution in [-0.2, 0) is 14.8 Å². The molecule has 0 aliphatic rings. The first-order valence-electron chi connectivity index (χ1n) is 10.3. The van der Waals surface area contributed by atoms with Crippen LogP contribution < -0.4 is 15.6 Å². The van der Waals surface area contributed by atoms with E-state index in [0.717, 1.165) is 21.9 Å². The van der Waals surface area contributed by atoms with Crippen molar-refractivity contribution in [3.8, 4) is 0 Å². The summed E-state index contributed by atoms with van der Waals surface area (Å²) in [6, 6.07) is 16.5. The Bertz CT molecular complexity index is 1270. The summed E-state index contributed by atoms with van der Waals surface area (Å²) in [6.07, 6.45) is 0. The summed E-state index contributed by atoms with van der Waals surface area (Å²) >= 11 is 0.